The van der Waals surface area contributed by atoms with Crippen LogP contribution in [-0.2, 0) is 11.3 Å². The van der Waals surface area contributed by atoms with Crippen LogP contribution in [0.4, 0.5) is 5.69 Å². The molecular weight excluding hydrogens is 306 g/mol. The van der Waals surface area contributed by atoms with Crippen LogP contribution in [0, 0.1) is 13.8 Å². The lowest BCUT2D eigenvalue weighted by atomic mass is 10.3. The first kappa shape index (κ1) is 13.8. The van der Waals surface area contributed by atoms with Gasteiger partial charge in [-0.15, -0.1) is 0 Å². The number of hydrogen-bond acceptors (Lipinski definition) is 2. The van der Waals surface area contributed by atoms with Crippen molar-refractivity contribution in [3.8, 4) is 0 Å². The topological polar surface area (TPSA) is 46.9 Å². The molecule has 1 heterocycles. The molecule has 0 saturated carbocycles. The van der Waals surface area contributed by atoms with Crippen LogP contribution in [0.25, 0.3) is 0 Å². The van der Waals surface area contributed by atoms with Gasteiger partial charge in [0.25, 0.3) is 0 Å². The minimum atomic E-state index is -0.00474. The van der Waals surface area contributed by atoms with E-state index in [4.69, 9.17) is 0 Å². The van der Waals surface area contributed by atoms with Crippen LogP contribution in [-0.4, -0.2) is 15.7 Å². The van der Waals surface area contributed by atoms with Gasteiger partial charge in [0, 0.05) is 17.8 Å². The molecule has 1 amide bonds. The number of halogens is 1. The Hall–Kier alpha value is -1.62. The maximum atomic E-state index is 11.8. The van der Waals surface area contributed by atoms with Gasteiger partial charge in [-0.1, -0.05) is 18.2 Å². The van der Waals surface area contributed by atoms with Gasteiger partial charge in [0.1, 0.15) is 0 Å². The second kappa shape index (κ2) is 6.02. The summed E-state index contributed by atoms with van der Waals surface area (Å²) in [4.78, 5) is 11.8. The van der Waals surface area contributed by atoms with Crippen LogP contribution < -0.4 is 5.32 Å². The predicted octanol–water partition coefficient (Wildman–Crippen LogP) is 3.29. The Bertz CT molecular complexity index is 578. The number of nitrogens with one attached hydrogen (secondary N) is 1. The zero-order chi connectivity index (χ0) is 13.8. The molecule has 0 atom stereocenters. The summed E-state index contributed by atoms with van der Waals surface area (Å²) < 4.78 is 2.86. The van der Waals surface area contributed by atoms with Gasteiger partial charge in [-0.2, -0.15) is 5.10 Å². The largest absolute Gasteiger partial charge is 0.326 e. The van der Waals surface area contributed by atoms with E-state index >= 15 is 0 Å². The van der Waals surface area contributed by atoms with E-state index in [1.54, 1.807) is 0 Å². The van der Waals surface area contributed by atoms with E-state index in [1.165, 1.54) is 0 Å². The normalized spacial score (nSPS) is 10.5. The number of para-hydroxylation sites is 1. The van der Waals surface area contributed by atoms with Gasteiger partial charge in [-0.3, -0.25) is 9.48 Å². The highest BCUT2D eigenvalue weighted by molar-refractivity contribution is 9.10. The molecule has 5 heteroatoms. The third-order valence-electron chi connectivity index (χ3n) is 2.90. The van der Waals surface area contributed by atoms with E-state index in [2.05, 4.69) is 26.3 Å². The first-order valence-electron chi connectivity index (χ1n) is 6.12. The number of benzene rings is 1. The third kappa shape index (κ3) is 3.44. The first-order chi connectivity index (χ1) is 9.08. The Balaban J connectivity index is 1.92. The number of nitrogens with zero attached hydrogens (tertiary/aromatic N) is 2. The molecule has 0 aliphatic rings. The van der Waals surface area contributed by atoms with Crippen molar-refractivity contribution in [1.82, 2.24) is 9.78 Å². The van der Waals surface area contributed by atoms with Crippen molar-refractivity contribution < 1.29 is 4.79 Å². The number of hydrogen-bond donors (Lipinski definition) is 1. The summed E-state index contributed by atoms with van der Waals surface area (Å²) in [5, 5.41) is 7.24. The number of carbonyl (C=O) groups is 1. The summed E-state index contributed by atoms with van der Waals surface area (Å²) in [5.41, 5.74) is 2.81. The van der Waals surface area contributed by atoms with Crippen molar-refractivity contribution in [1.29, 1.82) is 0 Å². The summed E-state index contributed by atoms with van der Waals surface area (Å²) in [6, 6.07) is 9.46. The van der Waals surface area contributed by atoms with Crippen LogP contribution in [0.3, 0.4) is 0 Å². The lowest BCUT2D eigenvalue weighted by Gasteiger charge is -2.06. The molecule has 4 nitrogen and oxygen atoms in total. The maximum absolute atomic E-state index is 11.8. The molecule has 0 aliphatic carbocycles. The highest BCUT2D eigenvalue weighted by Gasteiger charge is 2.10. The lowest BCUT2D eigenvalue weighted by molar-refractivity contribution is -0.116. The number of rotatable bonds is 4. The molecular formula is C14H16BrN3O. The fourth-order valence-corrected chi connectivity index (χ4v) is 2.13. The maximum Gasteiger partial charge on any atom is 0.226 e. The molecule has 0 bridgehead atoms. The van der Waals surface area contributed by atoms with Crippen LogP contribution >= 0.6 is 15.9 Å². The van der Waals surface area contributed by atoms with Crippen LogP contribution in [0.15, 0.2) is 34.8 Å². The minimum Gasteiger partial charge on any atom is -0.326 e. The Labute approximate surface area is 120 Å². The Morgan fingerprint density at radius 2 is 2.00 bits per heavy atom. The second-order valence-corrected chi connectivity index (χ2v) is 5.17. The van der Waals surface area contributed by atoms with Crippen LogP contribution in [0.5, 0.6) is 0 Å². The molecule has 19 heavy (non-hydrogen) atoms. The van der Waals surface area contributed by atoms with Gasteiger partial charge >= 0.3 is 0 Å². The first-order valence-corrected chi connectivity index (χ1v) is 6.91. The molecule has 0 spiro atoms. The quantitative estimate of drug-likeness (QED) is 0.939. The number of anilines is 1. The van der Waals surface area contributed by atoms with E-state index in [1.807, 2.05) is 48.9 Å². The summed E-state index contributed by atoms with van der Waals surface area (Å²) >= 11 is 3.48. The Kier molecular flexibility index (Phi) is 4.37. The molecule has 2 aromatic rings. The van der Waals surface area contributed by atoms with Gasteiger partial charge in [-0.25, -0.2) is 0 Å². The number of aromatic nitrogens is 2. The van der Waals surface area contributed by atoms with E-state index in [-0.39, 0.29) is 5.91 Å². The number of aryl methyl sites for hydroxylation is 2. The summed E-state index contributed by atoms with van der Waals surface area (Å²) in [6.45, 7) is 4.51. The lowest BCUT2D eigenvalue weighted by Crippen LogP contribution is -2.15. The van der Waals surface area contributed by atoms with Crippen LogP contribution in [0.1, 0.15) is 17.8 Å². The predicted molar refractivity (Wildman–Crippen MR) is 79.1 cm³/mol. The van der Waals surface area contributed by atoms with Crippen LogP contribution in [0.2, 0.25) is 0 Å². The van der Waals surface area contributed by atoms with E-state index < -0.39 is 0 Å². The monoisotopic (exact) mass is 321 g/mol. The van der Waals surface area contributed by atoms with Crippen molar-refractivity contribution in [2.75, 3.05) is 5.32 Å². The van der Waals surface area contributed by atoms with Crippen molar-refractivity contribution in [2.24, 2.45) is 0 Å². The smallest absolute Gasteiger partial charge is 0.226 e. The van der Waals surface area contributed by atoms with Gasteiger partial charge in [-0.05, 0) is 41.9 Å². The third-order valence-corrected chi connectivity index (χ3v) is 4.05. The molecule has 100 valence electrons. The van der Waals surface area contributed by atoms with Crippen molar-refractivity contribution >= 4 is 27.5 Å². The van der Waals surface area contributed by atoms with Crippen molar-refractivity contribution in [3.63, 3.8) is 0 Å². The molecule has 1 aromatic carbocycles. The van der Waals surface area contributed by atoms with Gasteiger partial charge in [0.2, 0.25) is 5.91 Å². The van der Waals surface area contributed by atoms with Gasteiger partial charge in [0.05, 0.1) is 16.7 Å². The molecule has 0 unspecified atom stereocenters. The fraction of sp³-hybridized carbons (Fsp3) is 0.286. The minimum absolute atomic E-state index is 0.00474. The Morgan fingerprint density at radius 1 is 1.32 bits per heavy atom. The molecule has 1 N–H and O–H groups in total. The zero-order valence-corrected chi connectivity index (χ0v) is 12.6. The fourth-order valence-electron chi connectivity index (χ4n) is 1.85. The summed E-state index contributed by atoms with van der Waals surface area (Å²) in [7, 11) is 0. The van der Waals surface area contributed by atoms with Crippen molar-refractivity contribution in [3.05, 3.63) is 46.2 Å². The second-order valence-electron chi connectivity index (χ2n) is 4.37. The molecule has 0 saturated heterocycles. The van der Waals surface area contributed by atoms with E-state index in [0.29, 0.717) is 13.0 Å². The summed E-state index contributed by atoms with van der Waals surface area (Å²) in [6.07, 6.45) is 0.406. The highest BCUT2D eigenvalue weighted by Crippen LogP contribution is 2.19. The molecule has 1 aromatic heterocycles. The standard InChI is InChI=1S/C14H16BrN3O/c1-10-14(15)11(2)18(17-10)9-8-13(19)16-12-6-4-3-5-7-12/h3-7H,8-9H2,1-2H3,(H,16,19). The SMILES string of the molecule is Cc1nn(CCC(=O)Nc2ccccc2)c(C)c1Br. The van der Waals surface area contributed by atoms with Crippen molar-refractivity contribution in [2.45, 2.75) is 26.8 Å². The average Bonchev–Trinajstić information content (AvgIpc) is 2.65. The van der Waals surface area contributed by atoms with Gasteiger partial charge < -0.3 is 5.32 Å². The molecule has 0 aliphatic heterocycles. The summed E-state index contributed by atoms with van der Waals surface area (Å²) in [5.74, 6) is -0.00474. The number of carbonyl (C=O) groups excluding carboxylic acids is 1. The van der Waals surface area contributed by atoms with E-state index in [0.717, 1.165) is 21.5 Å². The Morgan fingerprint density at radius 3 is 2.58 bits per heavy atom. The molecule has 2 rings (SSSR count). The molecule has 0 radical (unpaired) electrons. The average molecular weight is 322 g/mol. The highest BCUT2D eigenvalue weighted by atomic mass is 79.9. The van der Waals surface area contributed by atoms with Gasteiger partial charge in [0.15, 0.2) is 0 Å². The zero-order valence-electron chi connectivity index (χ0n) is 11.0. The number of amides is 1. The molecule has 0 fully saturated rings. The van der Waals surface area contributed by atoms with E-state index in [9.17, 15) is 4.79 Å².